The maximum absolute atomic E-state index is 12.8. The minimum Gasteiger partial charge on any atom is -0.462 e. The zero-order chi connectivity index (χ0) is 51.4. The fraction of sp³-hybridized carbons (Fsp3) is 0.523. The summed E-state index contributed by atoms with van der Waals surface area (Å²) in [5.41, 5.74) is 0. The summed E-state index contributed by atoms with van der Waals surface area (Å²) in [6.45, 7) is 6.23. The Kier molecular flexibility index (Phi) is 53.1. The zero-order valence-corrected chi connectivity index (χ0v) is 44.9. The van der Waals surface area contributed by atoms with Crippen molar-refractivity contribution in [3.05, 3.63) is 170 Å². The number of hydrogen-bond donors (Lipinski definition) is 0. The van der Waals surface area contributed by atoms with E-state index in [-0.39, 0.29) is 44.4 Å². The molecule has 0 unspecified atom stereocenters. The van der Waals surface area contributed by atoms with E-state index in [1.54, 1.807) is 0 Å². The second-order valence-corrected chi connectivity index (χ2v) is 17.4. The van der Waals surface area contributed by atoms with Crippen LogP contribution in [0.1, 0.15) is 201 Å². The first-order valence-corrected chi connectivity index (χ1v) is 27.6. The summed E-state index contributed by atoms with van der Waals surface area (Å²) < 4.78 is 16.7. The van der Waals surface area contributed by atoms with Gasteiger partial charge in [0.15, 0.2) is 6.10 Å². The van der Waals surface area contributed by atoms with Crippen LogP contribution >= 0.6 is 0 Å². The summed E-state index contributed by atoms with van der Waals surface area (Å²) in [7, 11) is 0. The molecule has 0 rings (SSSR count). The molecular weight excluding hydrogens is 877 g/mol. The van der Waals surface area contributed by atoms with Crippen LogP contribution in [-0.2, 0) is 28.6 Å². The molecule has 0 bridgehead atoms. The van der Waals surface area contributed by atoms with Crippen molar-refractivity contribution in [3.63, 3.8) is 0 Å². The van der Waals surface area contributed by atoms with Gasteiger partial charge in [0.2, 0.25) is 0 Å². The van der Waals surface area contributed by atoms with Crippen molar-refractivity contribution >= 4 is 17.9 Å². The predicted molar refractivity (Wildman–Crippen MR) is 306 cm³/mol. The molecule has 71 heavy (non-hydrogen) atoms. The van der Waals surface area contributed by atoms with E-state index in [9.17, 15) is 14.4 Å². The molecule has 0 amide bonds. The van der Waals surface area contributed by atoms with Gasteiger partial charge in [-0.2, -0.15) is 0 Å². The summed E-state index contributed by atoms with van der Waals surface area (Å²) in [6, 6.07) is 0. The number of allylic oxidation sites excluding steroid dienone is 28. The minimum atomic E-state index is -0.859. The summed E-state index contributed by atoms with van der Waals surface area (Å²) >= 11 is 0. The van der Waals surface area contributed by atoms with Crippen molar-refractivity contribution in [2.45, 2.75) is 207 Å². The molecular formula is C65H98O6. The van der Waals surface area contributed by atoms with Crippen molar-refractivity contribution in [2.24, 2.45) is 0 Å². The number of carbonyl (C=O) groups is 3. The smallest absolute Gasteiger partial charge is 0.306 e. The topological polar surface area (TPSA) is 78.9 Å². The molecule has 0 saturated carbocycles. The van der Waals surface area contributed by atoms with Gasteiger partial charge in [0.1, 0.15) is 13.2 Å². The highest BCUT2D eigenvalue weighted by Gasteiger charge is 2.19. The highest BCUT2D eigenvalue weighted by atomic mass is 16.6. The van der Waals surface area contributed by atoms with E-state index in [4.69, 9.17) is 14.2 Å². The fourth-order valence-electron chi connectivity index (χ4n) is 6.62. The molecule has 394 valence electrons. The molecule has 0 fully saturated rings. The van der Waals surface area contributed by atoms with Crippen molar-refractivity contribution < 1.29 is 28.6 Å². The van der Waals surface area contributed by atoms with Crippen LogP contribution in [0, 0.1) is 0 Å². The van der Waals surface area contributed by atoms with E-state index >= 15 is 0 Å². The Hall–Kier alpha value is -5.23. The van der Waals surface area contributed by atoms with E-state index < -0.39 is 12.1 Å². The Morgan fingerprint density at radius 1 is 0.296 bits per heavy atom. The molecule has 0 aromatic rings. The predicted octanol–water partition coefficient (Wildman–Crippen LogP) is 18.8. The SMILES string of the molecule is CC/C=C\C/C=C\C/C=C\C/C=C\C/C=C\C/C=C\CCC(=O)O[C@H](COC(=O)CCCC/C=C\C/C=C\C/C=C\C/C=C\CC)COC(=O)CCCCC/C=C\C/C=C\C/C=C\C/C=C\CCCCC. The average Bonchev–Trinajstić information content (AvgIpc) is 3.37. The van der Waals surface area contributed by atoms with Gasteiger partial charge in [0, 0.05) is 19.3 Å². The van der Waals surface area contributed by atoms with Crippen LogP contribution in [0.5, 0.6) is 0 Å². The van der Waals surface area contributed by atoms with E-state index in [2.05, 4.69) is 179 Å². The van der Waals surface area contributed by atoms with Crippen molar-refractivity contribution in [3.8, 4) is 0 Å². The summed E-state index contributed by atoms with van der Waals surface area (Å²) in [5, 5.41) is 0. The van der Waals surface area contributed by atoms with E-state index in [0.29, 0.717) is 12.8 Å². The zero-order valence-electron chi connectivity index (χ0n) is 44.9. The lowest BCUT2D eigenvalue weighted by Crippen LogP contribution is -2.30. The van der Waals surface area contributed by atoms with Gasteiger partial charge in [-0.1, -0.05) is 210 Å². The lowest BCUT2D eigenvalue weighted by molar-refractivity contribution is -0.166. The molecule has 0 aliphatic carbocycles. The molecule has 0 spiro atoms. The maximum atomic E-state index is 12.8. The first-order chi connectivity index (χ1) is 35.0. The number of carbonyl (C=O) groups excluding carboxylic acids is 3. The molecule has 0 saturated heterocycles. The highest BCUT2D eigenvalue weighted by Crippen LogP contribution is 2.10. The second kappa shape index (κ2) is 57.3. The maximum Gasteiger partial charge on any atom is 0.306 e. The lowest BCUT2D eigenvalue weighted by Gasteiger charge is -2.18. The largest absolute Gasteiger partial charge is 0.462 e. The van der Waals surface area contributed by atoms with Gasteiger partial charge in [-0.25, -0.2) is 0 Å². The number of hydrogen-bond acceptors (Lipinski definition) is 6. The molecule has 6 heteroatoms. The highest BCUT2D eigenvalue weighted by molar-refractivity contribution is 5.71. The standard InChI is InChI=1S/C65H98O6/c1-4-7-10-13-16-19-22-25-28-30-32-34-37-40-43-46-49-52-55-58-64(67)70-61-62(60-69-63(66)57-54-51-48-45-42-39-36-27-24-21-18-15-12-9-6-3)71-65(68)59-56-53-50-47-44-41-38-35-33-31-29-26-23-20-17-14-11-8-5-2/h8-9,11-12,16-21,25-29,32-36,40-45,50,53,62H,4-7,10,13-15,22-24,30-31,37-39,46-49,51-52,54-61H2,1-3H3/b11-8-,12-9-,19-16-,20-17-,21-18-,28-25-,29-26-,34-32-,35-33-,36-27-,43-40-,44-41-,45-42-,53-50-/t62-/m1/s1. The van der Waals surface area contributed by atoms with Crippen molar-refractivity contribution in [1.82, 2.24) is 0 Å². The van der Waals surface area contributed by atoms with Crippen LogP contribution in [0.25, 0.3) is 0 Å². The number of esters is 3. The van der Waals surface area contributed by atoms with Crippen LogP contribution in [0.4, 0.5) is 0 Å². The minimum absolute atomic E-state index is 0.147. The third-order valence-corrected chi connectivity index (χ3v) is 10.7. The van der Waals surface area contributed by atoms with Crippen LogP contribution in [0.2, 0.25) is 0 Å². The molecule has 0 aromatic heterocycles. The molecule has 0 heterocycles. The average molecular weight is 975 g/mol. The van der Waals surface area contributed by atoms with Crippen LogP contribution in [0.15, 0.2) is 170 Å². The Labute approximate surface area is 434 Å². The third-order valence-electron chi connectivity index (χ3n) is 10.7. The summed E-state index contributed by atoms with van der Waals surface area (Å²) in [5.74, 6) is -1.12. The Balaban J connectivity index is 4.67. The quantitative estimate of drug-likeness (QED) is 0.0262. The summed E-state index contributed by atoms with van der Waals surface area (Å²) in [6.07, 6.45) is 84.9. The number of ether oxygens (including phenoxy) is 3. The van der Waals surface area contributed by atoms with E-state index in [1.165, 1.54) is 25.7 Å². The van der Waals surface area contributed by atoms with E-state index in [1.807, 2.05) is 12.2 Å². The Morgan fingerprint density at radius 3 is 0.915 bits per heavy atom. The molecule has 0 aromatic carbocycles. The normalized spacial score (nSPS) is 13.5. The van der Waals surface area contributed by atoms with Gasteiger partial charge < -0.3 is 14.2 Å². The monoisotopic (exact) mass is 975 g/mol. The van der Waals surface area contributed by atoms with Gasteiger partial charge in [-0.05, 0) is 141 Å². The Morgan fingerprint density at radius 2 is 0.577 bits per heavy atom. The molecule has 1 atom stereocenters. The number of unbranched alkanes of at least 4 members (excludes halogenated alkanes) is 8. The van der Waals surface area contributed by atoms with Gasteiger partial charge in [0.05, 0.1) is 0 Å². The lowest BCUT2D eigenvalue weighted by atomic mass is 10.1. The molecule has 6 nitrogen and oxygen atoms in total. The van der Waals surface area contributed by atoms with Gasteiger partial charge in [0.25, 0.3) is 0 Å². The Bertz CT molecular complexity index is 1690. The van der Waals surface area contributed by atoms with Crippen LogP contribution in [-0.4, -0.2) is 37.2 Å². The van der Waals surface area contributed by atoms with Gasteiger partial charge >= 0.3 is 17.9 Å². The first-order valence-electron chi connectivity index (χ1n) is 27.6. The molecule has 0 radical (unpaired) electrons. The molecule has 0 aliphatic heterocycles. The van der Waals surface area contributed by atoms with Gasteiger partial charge in [-0.3, -0.25) is 14.4 Å². The van der Waals surface area contributed by atoms with Gasteiger partial charge in [-0.15, -0.1) is 0 Å². The van der Waals surface area contributed by atoms with Crippen molar-refractivity contribution in [1.29, 1.82) is 0 Å². The second-order valence-electron chi connectivity index (χ2n) is 17.4. The van der Waals surface area contributed by atoms with Crippen LogP contribution in [0.3, 0.4) is 0 Å². The van der Waals surface area contributed by atoms with E-state index in [0.717, 1.165) is 122 Å². The summed E-state index contributed by atoms with van der Waals surface area (Å²) in [4.78, 5) is 38.1. The number of rotatable bonds is 47. The van der Waals surface area contributed by atoms with Crippen LogP contribution < -0.4 is 0 Å². The third kappa shape index (κ3) is 55.6. The fourth-order valence-corrected chi connectivity index (χ4v) is 6.62. The molecule has 0 aliphatic rings. The molecule has 0 N–H and O–H groups in total. The van der Waals surface area contributed by atoms with Crippen molar-refractivity contribution in [2.75, 3.05) is 13.2 Å². The first kappa shape index (κ1) is 65.8.